The number of hydrogen-bond donors (Lipinski definition) is 2. The molecule has 144 valence electrons. The Kier molecular flexibility index (Phi) is 53.4. The molecule has 0 aromatic heterocycles. The number of rotatable bonds is 12. The van der Waals surface area contributed by atoms with Crippen LogP contribution in [0.2, 0.25) is 0 Å². The first-order valence-electron chi connectivity index (χ1n) is 8.71. The molecule has 0 atom stereocenters. The van der Waals surface area contributed by atoms with E-state index < -0.39 is 10.4 Å². The summed E-state index contributed by atoms with van der Waals surface area (Å²) in [5, 5.41) is 16.8. The van der Waals surface area contributed by atoms with Crippen molar-refractivity contribution in [3.63, 3.8) is 0 Å². The predicted molar refractivity (Wildman–Crippen MR) is 91.4 cm³/mol. The molecule has 0 heterocycles. The minimum absolute atomic E-state index is 0. The number of aliphatic hydroxyl groups is 2. The van der Waals surface area contributed by atoms with E-state index in [1.807, 2.05) is 0 Å². The Morgan fingerprint density at radius 1 is 0.600 bits per heavy atom. The van der Waals surface area contributed by atoms with E-state index in [1.165, 1.54) is 64.2 Å². The van der Waals surface area contributed by atoms with Gasteiger partial charge in [-0.1, -0.05) is 78.1 Å². The third-order valence-electron chi connectivity index (χ3n) is 3.02. The second-order valence-corrected chi connectivity index (χ2v) is 6.21. The summed E-state index contributed by atoms with van der Waals surface area (Å²) < 4.78 is 34.1. The van der Waals surface area contributed by atoms with E-state index >= 15 is 0 Å². The van der Waals surface area contributed by atoms with Crippen molar-refractivity contribution < 1.29 is 131 Å². The molecule has 0 amide bonds. The van der Waals surface area contributed by atoms with E-state index in [2.05, 4.69) is 13.8 Å². The maximum absolute atomic E-state index is 8.52. The molecule has 0 unspecified atom stereocenters. The largest absolute Gasteiger partial charge is 1.00 e. The molecular weight excluding hydrogens is 398 g/mol. The van der Waals surface area contributed by atoms with Gasteiger partial charge in [0.15, 0.2) is 0 Å². The van der Waals surface area contributed by atoms with Gasteiger partial charge in [0.1, 0.15) is 0 Å². The summed E-state index contributed by atoms with van der Waals surface area (Å²) >= 11 is 0. The van der Waals surface area contributed by atoms with Gasteiger partial charge in [-0.05, 0) is 12.8 Å². The van der Waals surface area contributed by atoms with E-state index in [4.69, 9.17) is 27.7 Å². The maximum Gasteiger partial charge on any atom is 1.00 e. The zero-order valence-electron chi connectivity index (χ0n) is 16.8. The van der Waals surface area contributed by atoms with Crippen molar-refractivity contribution in [1.82, 2.24) is 0 Å². The standard InChI is InChI=1S/2C8H18O.2K.H2O4S/c2*1-2-3-4-5-6-7-8-9;;;1-5(2,3)4/h2*9H,2-8H2,1H3;;;(H2,1,2,3,4)/q;;2*+1;/p-2. The van der Waals surface area contributed by atoms with E-state index in [0.29, 0.717) is 13.2 Å². The Hall–Kier alpha value is 3.06. The third kappa shape index (κ3) is 74.9. The second kappa shape index (κ2) is 34.6. The molecule has 0 rings (SSSR count). The molecule has 0 aliphatic carbocycles. The summed E-state index contributed by atoms with van der Waals surface area (Å²) in [6, 6.07) is 0. The molecule has 0 aliphatic rings. The van der Waals surface area contributed by atoms with Gasteiger partial charge in [0.05, 0.1) is 0 Å². The van der Waals surface area contributed by atoms with Crippen LogP contribution in [0.4, 0.5) is 0 Å². The van der Waals surface area contributed by atoms with Gasteiger partial charge in [-0.15, -0.1) is 0 Å². The van der Waals surface area contributed by atoms with Crippen LogP contribution < -0.4 is 103 Å². The second-order valence-electron chi connectivity index (χ2n) is 5.39. The number of hydrogen-bond acceptors (Lipinski definition) is 6. The smallest absolute Gasteiger partial charge is 0.759 e. The predicted octanol–water partition coefficient (Wildman–Crippen LogP) is -2.65. The van der Waals surface area contributed by atoms with Crippen LogP contribution in [0.25, 0.3) is 0 Å². The SMILES string of the molecule is CCCCCCCCO.CCCCCCCCO.O=S(=O)([O-])[O-].[K+].[K+]. The fraction of sp³-hybridized carbons (Fsp3) is 1.00. The average molecular weight is 435 g/mol. The molecule has 6 nitrogen and oxygen atoms in total. The topological polar surface area (TPSA) is 121 Å². The summed E-state index contributed by atoms with van der Waals surface area (Å²) in [6.07, 6.45) is 15.0. The molecule has 0 aliphatic heterocycles. The van der Waals surface area contributed by atoms with Crippen molar-refractivity contribution in [3.05, 3.63) is 0 Å². The molecule has 0 saturated heterocycles. The van der Waals surface area contributed by atoms with Crippen LogP contribution in [0.5, 0.6) is 0 Å². The normalized spacial score (nSPS) is 9.52. The summed E-state index contributed by atoms with van der Waals surface area (Å²) in [5.74, 6) is 0. The Labute approximate surface area is 240 Å². The quantitative estimate of drug-likeness (QED) is 0.150. The number of aliphatic hydroxyl groups excluding tert-OH is 2. The van der Waals surface area contributed by atoms with E-state index in [9.17, 15) is 0 Å². The van der Waals surface area contributed by atoms with Gasteiger partial charge in [-0.3, -0.25) is 8.42 Å². The van der Waals surface area contributed by atoms with Crippen molar-refractivity contribution in [2.24, 2.45) is 0 Å². The molecule has 2 N–H and O–H groups in total. The molecule has 0 radical (unpaired) electrons. The van der Waals surface area contributed by atoms with Crippen molar-refractivity contribution in [3.8, 4) is 0 Å². The monoisotopic (exact) mass is 434 g/mol. The average Bonchev–Trinajstić information content (AvgIpc) is 2.46. The Balaban J connectivity index is -0.0000000800. The zero-order chi connectivity index (χ0) is 18.4. The molecule has 0 fully saturated rings. The molecule has 0 aromatic carbocycles. The van der Waals surface area contributed by atoms with Crippen molar-refractivity contribution >= 4 is 10.4 Å². The third-order valence-corrected chi connectivity index (χ3v) is 3.02. The Morgan fingerprint density at radius 3 is 1.00 bits per heavy atom. The van der Waals surface area contributed by atoms with Crippen LogP contribution in [0.15, 0.2) is 0 Å². The molecule has 0 aromatic rings. The summed E-state index contributed by atoms with van der Waals surface area (Å²) in [6.45, 7) is 5.16. The summed E-state index contributed by atoms with van der Waals surface area (Å²) in [5.41, 5.74) is 0. The zero-order valence-corrected chi connectivity index (χ0v) is 23.9. The van der Waals surface area contributed by atoms with E-state index in [1.54, 1.807) is 0 Å². The molecular formula is C16H36K2O6S. The first-order valence-corrected chi connectivity index (χ1v) is 10.0. The van der Waals surface area contributed by atoms with Crippen LogP contribution in [0, 0.1) is 0 Å². The van der Waals surface area contributed by atoms with Crippen LogP contribution in [0.1, 0.15) is 90.9 Å². The van der Waals surface area contributed by atoms with E-state index in [-0.39, 0.29) is 103 Å². The molecule has 0 saturated carbocycles. The van der Waals surface area contributed by atoms with Crippen molar-refractivity contribution in [2.75, 3.05) is 13.2 Å². The van der Waals surface area contributed by atoms with Gasteiger partial charge in [0.25, 0.3) is 0 Å². The van der Waals surface area contributed by atoms with Gasteiger partial charge in [0.2, 0.25) is 0 Å². The first kappa shape index (κ1) is 38.6. The van der Waals surface area contributed by atoms with Crippen molar-refractivity contribution in [1.29, 1.82) is 0 Å². The Morgan fingerprint density at radius 2 is 0.800 bits per heavy atom. The summed E-state index contributed by atoms with van der Waals surface area (Å²) in [7, 11) is -5.17. The fourth-order valence-electron chi connectivity index (χ4n) is 1.78. The fourth-order valence-corrected chi connectivity index (χ4v) is 1.78. The minimum atomic E-state index is -5.17. The molecule has 25 heavy (non-hydrogen) atoms. The van der Waals surface area contributed by atoms with Gasteiger partial charge in [-0.25, -0.2) is 0 Å². The van der Waals surface area contributed by atoms with Crippen LogP contribution in [-0.4, -0.2) is 41.0 Å². The first-order chi connectivity index (χ1) is 10.8. The molecule has 9 heteroatoms. The van der Waals surface area contributed by atoms with Crippen LogP contribution in [-0.2, 0) is 10.4 Å². The van der Waals surface area contributed by atoms with Gasteiger partial charge in [0, 0.05) is 23.6 Å². The van der Waals surface area contributed by atoms with Crippen LogP contribution in [0.3, 0.4) is 0 Å². The number of unbranched alkanes of at least 4 members (excludes halogenated alkanes) is 10. The van der Waals surface area contributed by atoms with Gasteiger partial charge < -0.3 is 19.3 Å². The van der Waals surface area contributed by atoms with Crippen molar-refractivity contribution in [2.45, 2.75) is 90.9 Å². The summed E-state index contributed by atoms with van der Waals surface area (Å²) in [4.78, 5) is 0. The minimum Gasteiger partial charge on any atom is -0.759 e. The van der Waals surface area contributed by atoms with Crippen LogP contribution >= 0.6 is 0 Å². The van der Waals surface area contributed by atoms with E-state index in [0.717, 1.165) is 12.8 Å². The molecule has 0 spiro atoms. The van der Waals surface area contributed by atoms with Gasteiger partial charge in [-0.2, -0.15) is 0 Å². The molecule has 0 bridgehead atoms. The Bertz CT molecular complexity index is 256. The van der Waals surface area contributed by atoms with Gasteiger partial charge >= 0.3 is 103 Å². The maximum atomic E-state index is 8.52.